The number of thioether (sulfide) groups is 1. The fourth-order valence-corrected chi connectivity index (χ4v) is 2.83. The van der Waals surface area contributed by atoms with Crippen molar-refractivity contribution in [3.05, 3.63) is 5.82 Å². The van der Waals surface area contributed by atoms with Gasteiger partial charge in [-0.3, -0.25) is 4.79 Å². The zero-order valence-corrected chi connectivity index (χ0v) is 12.4. The lowest BCUT2D eigenvalue weighted by Gasteiger charge is -2.21. The third-order valence-electron chi connectivity index (χ3n) is 1.78. The van der Waals surface area contributed by atoms with Crippen LogP contribution in [0.3, 0.4) is 0 Å². The maximum absolute atomic E-state index is 11.8. The lowest BCUT2D eigenvalue weighted by atomic mass is 10.2. The van der Waals surface area contributed by atoms with Crippen LogP contribution in [-0.2, 0) is 16.0 Å². The van der Waals surface area contributed by atoms with Crippen LogP contribution >= 0.6 is 23.3 Å². The van der Waals surface area contributed by atoms with Gasteiger partial charge >= 0.3 is 5.97 Å². The Labute approximate surface area is 110 Å². The molecule has 0 aromatic carbocycles. The van der Waals surface area contributed by atoms with Gasteiger partial charge in [-0.05, 0) is 39.2 Å². The molecule has 0 spiro atoms. The molecule has 17 heavy (non-hydrogen) atoms. The number of nitrogens with zero attached hydrogens (tertiary/aromatic N) is 2. The molecular weight excluding hydrogens is 256 g/mol. The van der Waals surface area contributed by atoms with Crippen molar-refractivity contribution in [2.24, 2.45) is 0 Å². The summed E-state index contributed by atoms with van der Waals surface area (Å²) in [5.41, 5.74) is -0.443. The second kappa shape index (κ2) is 5.82. The molecule has 1 rings (SSSR count). The molecule has 0 aliphatic carbocycles. The molecule has 1 heterocycles. The zero-order valence-electron chi connectivity index (χ0n) is 10.8. The first kappa shape index (κ1) is 14.4. The maximum atomic E-state index is 11.8. The van der Waals surface area contributed by atoms with Crippen molar-refractivity contribution in [2.75, 3.05) is 0 Å². The highest BCUT2D eigenvalue weighted by molar-refractivity contribution is 8.02. The van der Waals surface area contributed by atoms with Crippen LogP contribution in [0.25, 0.3) is 0 Å². The van der Waals surface area contributed by atoms with Gasteiger partial charge in [0, 0.05) is 6.42 Å². The predicted molar refractivity (Wildman–Crippen MR) is 70.5 cm³/mol. The highest BCUT2D eigenvalue weighted by atomic mass is 32.2. The zero-order chi connectivity index (χ0) is 13.1. The van der Waals surface area contributed by atoms with Gasteiger partial charge in [-0.15, -0.1) is 0 Å². The third-order valence-corrected chi connectivity index (χ3v) is 3.68. The van der Waals surface area contributed by atoms with E-state index >= 15 is 0 Å². The van der Waals surface area contributed by atoms with Crippen LogP contribution in [0.15, 0.2) is 4.34 Å². The number of aromatic nitrogens is 2. The van der Waals surface area contributed by atoms with Crippen molar-refractivity contribution in [2.45, 2.75) is 56.2 Å². The molecule has 4 nitrogen and oxygen atoms in total. The summed E-state index contributed by atoms with van der Waals surface area (Å²) in [4.78, 5) is 16.1. The SMILES string of the molecule is CCc1nsc(SC(C)C(=O)OC(C)(C)C)n1. The van der Waals surface area contributed by atoms with Gasteiger partial charge in [-0.25, -0.2) is 4.98 Å². The first-order valence-electron chi connectivity index (χ1n) is 5.54. The van der Waals surface area contributed by atoms with Crippen molar-refractivity contribution in [1.29, 1.82) is 0 Å². The normalized spacial score (nSPS) is 13.5. The summed E-state index contributed by atoms with van der Waals surface area (Å²) in [6.45, 7) is 9.42. The van der Waals surface area contributed by atoms with Gasteiger partial charge in [0.1, 0.15) is 16.7 Å². The summed E-state index contributed by atoms with van der Waals surface area (Å²) in [5.74, 6) is 0.615. The van der Waals surface area contributed by atoms with E-state index in [1.807, 2.05) is 34.6 Å². The standard InChI is InChI=1S/C11H18N2O2S2/c1-6-8-12-10(17-13-8)16-7(2)9(14)15-11(3,4)5/h7H,6H2,1-5H3. The van der Waals surface area contributed by atoms with Crippen LogP contribution in [0.1, 0.15) is 40.4 Å². The van der Waals surface area contributed by atoms with Crippen LogP contribution in [0, 0.1) is 0 Å². The van der Waals surface area contributed by atoms with E-state index in [1.54, 1.807) is 0 Å². The van der Waals surface area contributed by atoms with Gasteiger partial charge in [-0.1, -0.05) is 18.7 Å². The van der Waals surface area contributed by atoms with E-state index in [0.29, 0.717) is 0 Å². The number of carbonyl (C=O) groups is 1. The molecule has 0 saturated carbocycles. The van der Waals surface area contributed by atoms with Gasteiger partial charge in [-0.2, -0.15) is 4.37 Å². The fraction of sp³-hybridized carbons (Fsp3) is 0.727. The van der Waals surface area contributed by atoms with E-state index in [-0.39, 0.29) is 11.2 Å². The number of rotatable bonds is 4. The molecule has 1 atom stereocenters. The van der Waals surface area contributed by atoms with Crippen molar-refractivity contribution in [1.82, 2.24) is 9.36 Å². The summed E-state index contributed by atoms with van der Waals surface area (Å²) in [6, 6.07) is 0. The highest BCUT2D eigenvalue weighted by Crippen LogP contribution is 2.26. The predicted octanol–water partition coefficient (Wildman–Crippen LogP) is 2.92. The quantitative estimate of drug-likeness (QED) is 0.624. The second-order valence-corrected chi connectivity index (χ2v) is 6.96. The van der Waals surface area contributed by atoms with E-state index in [4.69, 9.17) is 4.74 Å². The van der Waals surface area contributed by atoms with E-state index in [1.165, 1.54) is 23.3 Å². The molecule has 96 valence electrons. The molecule has 1 unspecified atom stereocenters. The largest absolute Gasteiger partial charge is 0.459 e. The lowest BCUT2D eigenvalue weighted by molar-refractivity contribution is -0.153. The topological polar surface area (TPSA) is 52.1 Å². The highest BCUT2D eigenvalue weighted by Gasteiger charge is 2.23. The van der Waals surface area contributed by atoms with E-state index < -0.39 is 5.60 Å². The minimum absolute atomic E-state index is 0.212. The fourth-order valence-electron chi connectivity index (χ4n) is 1.01. The molecule has 0 fully saturated rings. The van der Waals surface area contributed by atoms with Crippen molar-refractivity contribution < 1.29 is 9.53 Å². The van der Waals surface area contributed by atoms with E-state index in [2.05, 4.69) is 9.36 Å². The number of hydrogen-bond donors (Lipinski definition) is 0. The number of esters is 1. The number of aryl methyl sites for hydroxylation is 1. The molecule has 0 radical (unpaired) electrons. The molecule has 0 aliphatic rings. The van der Waals surface area contributed by atoms with Gasteiger partial charge in [0.2, 0.25) is 0 Å². The molecule has 6 heteroatoms. The summed E-state index contributed by atoms with van der Waals surface area (Å²) in [7, 11) is 0. The van der Waals surface area contributed by atoms with E-state index in [0.717, 1.165) is 16.6 Å². The number of carbonyl (C=O) groups excluding carboxylic acids is 1. The van der Waals surface area contributed by atoms with Gasteiger partial charge in [0.25, 0.3) is 0 Å². The molecule has 1 aromatic rings. The first-order valence-corrected chi connectivity index (χ1v) is 7.19. The van der Waals surface area contributed by atoms with Gasteiger partial charge in [0.05, 0.1) is 0 Å². The maximum Gasteiger partial charge on any atom is 0.319 e. The molecular formula is C11H18N2O2S2. The van der Waals surface area contributed by atoms with E-state index in [9.17, 15) is 4.79 Å². The summed E-state index contributed by atoms with van der Waals surface area (Å²) < 4.78 is 10.3. The Morgan fingerprint density at radius 2 is 2.18 bits per heavy atom. The Kier molecular flexibility index (Phi) is 4.94. The Morgan fingerprint density at radius 3 is 2.65 bits per heavy atom. The van der Waals surface area contributed by atoms with Crippen LogP contribution in [0.4, 0.5) is 0 Å². The number of hydrogen-bond acceptors (Lipinski definition) is 6. The second-order valence-electron chi connectivity index (χ2n) is 4.62. The average molecular weight is 274 g/mol. The Balaban J connectivity index is 2.54. The van der Waals surface area contributed by atoms with Crippen molar-refractivity contribution >= 4 is 29.3 Å². The van der Waals surface area contributed by atoms with Crippen molar-refractivity contribution in [3.8, 4) is 0 Å². The van der Waals surface area contributed by atoms with Crippen LogP contribution in [-0.4, -0.2) is 26.2 Å². The Hall–Kier alpha value is -0.620. The molecule has 0 amide bonds. The minimum atomic E-state index is -0.443. The van der Waals surface area contributed by atoms with Crippen LogP contribution in [0.5, 0.6) is 0 Å². The minimum Gasteiger partial charge on any atom is -0.459 e. The smallest absolute Gasteiger partial charge is 0.319 e. The first-order chi connectivity index (χ1) is 7.81. The van der Waals surface area contributed by atoms with Crippen molar-refractivity contribution in [3.63, 3.8) is 0 Å². The lowest BCUT2D eigenvalue weighted by Crippen LogP contribution is -2.28. The summed E-state index contributed by atoms with van der Waals surface area (Å²) in [6.07, 6.45) is 0.817. The molecule has 0 saturated heterocycles. The number of ether oxygens (including phenoxy) is 1. The summed E-state index contributed by atoms with van der Waals surface area (Å²) in [5, 5.41) is -0.258. The Bertz CT molecular complexity index is 385. The average Bonchev–Trinajstić information content (AvgIpc) is 2.62. The van der Waals surface area contributed by atoms with Gasteiger partial charge in [0.15, 0.2) is 4.34 Å². The Morgan fingerprint density at radius 1 is 1.53 bits per heavy atom. The van der Waals surface area contributed by atoms with Crippen LogP contribution < -0.4 is 0 Å². The summed E-state index contributed by atoms with van der Waals surface area (Å²) >= 11 is 2.73. The molecule has 1 aromatic heterocycles. The van der Waals surface area contributed by atoms with Crippen LogP contribution in [0.2, 0.25) is 0 Å². The molecule has 0 bridgehead atoms. The molecule has 0 N–H and O–H groups in total. The third kappa shape index (κ3) is 5.04. The molecule has 0 aliphatic heterocycles. The van der Waals surface area contributed by atoms with Gasteiger partial charge < -0.3 is 4.74 Å². The monoisotopic (exact) mass is 274 g/mol.